The molecule has 2 aromatic heterocycles. The molecule has 2 heterocycles. The van der Waals surface area contributed by atoms with E-state index in [1.54, 1.807) is 24.5 Å². The van der Waals surface area contributed by atoms with E-state index in [0.717, 1.165) is 17.4 Å². The van der Waals surface area contributed by atoms with Gasteiger partial charge in [0, 0.05) is 41.0 Å². The molecule has 0 spiro atoms. The molecule has 26 heavy (non-hydrogen) atoms. The Bertz CT molecular complexity index is 1030. The molecule has 2 atom stereocenters. The number of carbonyl (C=O) groups excluding carboxylic acids is 1. The number of amides is 1. The summed E-state index contributed by atoms with van der Waals surface area (Å²) in [7, 11) is 0. The number of pyridine rings is 2. The molecule has 1 amide bonds. The van der Waals surface area contributed by atoms with Crippen LogP contribution in [0.4, 0.5) is 15.9 Å². The Balaban J connectivity index is 1.78. The molecule has 0 bridgehead atoms. The summed E-state index contributed by atoms with van der Waals surface area (Å²) >= 11 is 0. The van der Waals surface area contributed by atoms with Gasteiger partial charge in [-0.3, -0.25) is 9.78 Å². The summed E-state index contributed by atoms with van der Waals surface area (Å²) in [6.45, 7) is 3.94. The Labute approximate surface area is 150 Å². The van der Waals surface area contributed by atoms with Gasteiger partial charge in [-0.25, -0.2) is 9.37 Å². The molecule has 1 aromatic carbocycles. The number of rotatable bonds is 3. The van der Waals surface area contributed by atoms with Crippen molar-refractivity contribution in [1.29, 1.82) is 0 Å². The second kappa shape index (κ2) is 6.05. The zero-order valence-electron chi connectivity index (χ0n) is 14.6. The quantitative estimate of drug-likeness (QED) is 0.702. The van der Waals surface area contributed by atoms with Crippen LogP contribution >= 0.6 is 0 Å². The van der Waals surface area contributed by atoms with E-state index in [0.29, 0.717) is 28.2 Å². The number of aromatic nitrogens is 2. The van der Waals surface area contributed by atoms with E-state index in [4.69, 9.17) is 5.73 Å². The van der Waals surface area contributed by atoms with Crippen molar-refractivity contribution in [3.63, 3.8) is 0 Å². The van der Waals surface area contributed by atoms with Crippen molar-refractivity contribution in [3.05, 3.63) is 48.2 Å². The lowest BCUT2D eigenvalue weighted by molar-refractivity contribution is -0.117. The third-order valence-corrected chi connectivity index (χ3v) is 5.03. The molecular weight excluding hydrogens is 331 g/mol. The number of anilines is 2. The van der Waals surface area contributed by atoms with Crippen molar-refractivity contribution in [2.24, 2.45) is 11.8 Å². The molecule has 3 N–H and O–H groups in total. The van der Waals surface area contributed by atoms with Crippen molar-refractivity contribution < 1.29 is 9.18 Å². The molecule has 0 radical (unpaired) electrons. The molecule has 5 nitrogen and oxygen atoms in total. The minimum atomic E-state index is -0.487. The smallest absolute Gasteiger partial charge is 0.228 e. The first-order valence-electron chi connectivity index (χ1n) is 8.55. The van der Waals surface area contributed by atoms with Gasteiger partial charge in [0.15, 0.2) is 5.82 Å². The number of fused-ring (bicyclic) bond motifs is 1. The van der Waals surface area contributed by atoms with Gasteiger partial charge in [0.25, 0.3) is 0 Å². The maximum atomic E-state index is 14.8. The van der Waals surface area contributed by atoms with Crippen molar-refractivity contribution in [1.82, 2.24) is 9.97 Å². The number of halogens is 1. The lowest BCUT2D eigenvalue weighted by atomic mass is 9.98. The van der Waals surface area contributed by atoms with Gasteiger partial charge in [-0.2, -0.15) is 0 Å². The first-order valence-corrected chi connectivity index (χ1v) is 8.55. The van der Waals surface area contributed by atoms with E-state index >= 15 is 0 Å². The number of benzene rings is 1. The monoisotopic (exact) mass is 350 g/mol. The molecule has 6 heteroatoms. The normalized spacial score (nSPS) is 18.7. The molecule has 1 saturated carbocycles. The number of aryl methyl sites for hydroxylation is 1. The highest BCUT2D eigenvalue weighted by Crippen LogP contribution is 2.39. The minimum absolute atomic E-state index is 0.0252. The summed E-state index contributed by atoms with van der Waals surface area (Å²) in [5, 5.41) is 4.07. The number of nitrogens with one attached hydrogen (secondary N) is 1. The van der Waals surface area contributed by atoms with Gasteiger partial charge in [0.2, 0.25) is 5.91 Å². The molecule has 3 aromatic rings. The Kier molecular flexibility index (Phi) is 3.83. The first-order chi connectivity index (χ1) is 12.5. The Morgan fingerprint density at radius 2 is 2.08 bits per heavy atom. The fourth-order valence-electron chi connectivity index (χ4n) is 3.21. The van der Waals surface area contributed by atoms with E-state index in [2.05, 4.69) is 15.3 Å². The number of nitrogens with zero attached hydrogens (tertiary/aromatic N) is 2. The molecule has 1 fully saturated rings. The molecule has 0 aliphatic heterocycles. The molecule has 4 rings (SSSR count). The number of nitrogens with two attached hydrogens (primary N) is 1. The van der Waals surface area contributed by atoms with Crippen LogP contribution in [0.5, 0.6) is 0 Å². The number of nitrogen functional groups attached to an aromatic ring is 1. The lowest BCUT2D eigenvalue weighted by Crippen LogP contribution is -2.15. The largest absolute Gasteiger partial charge is 0.396 e. The topological polar surface area (TPSA) is 80.9 Å². The van der Waals surface area contributed by atoms with Gasteiger partial charge in [0.1, 0.15) is 5.82 Å². The fraction of sp³-hybridized carbons (Fsp3) is 0.250. The van der Waals surface area contributed by atoms with E-state index in [1.807, 2.05) is 19.9 Å². The SMILES string of the molecule is Cc1ccncc1-c1cc2cc(NC(=O)C3CC3C)ncc2c(N)c1F. The van der Waals surface area contributed by atoms with Crippen LogP contribution in [0.1, 0.15) is 18.9 Å². The molecule has 1 aliphatic carbocycles. The van der Waals surface area contributed by atoms with Crippen LogP contribution in [0, 0.1) is 24.6 Å². The summed E-state index contributed by atoms with van der Waals surface area (Å²) in [5.74, 6) is 0.406. The predicted molar refractivity (Wildman–Crippen MR) is 100.0 cm³/mol. The average Bonchev–Trinajstić information content (AvgIpc) is 3.36. The van der Waals surface area contributed by atoms with Crippen LogP contribution in [0.25, 0.3) is 21.9 Å². The van der Waals surface area contributed by atoms with Crippen LogP contribution in [0.2, 0.25) is 0 Å². The molecule has 0 saturated heterocycles. The molecular formula is C20H19FN4O. The highest BCUT2D eigenvalue weighted by atomic mass is 19.1. The third kappa shape index (κ3) is 2.77. The van der Waals surface area contributed by atoms with Crippen LogP contribution in [0.3, 0.4) is 0 Å². The van der Waals surface area contributed by atoms with E-state index in [-0.39, 0.29) is 17.5 Å². The zero-order valence-corrected chi connectivity index (χ0v) is 14.6. The number of hydrogen-bond donors (Lipinski definition) is 2. The Hall–Kier alpha value is -3.02. The van der Waals surface area contributed by atoms with Crippen molar-refractivity contribution in [2.75, 3.05) is 11.1 Å². The van der Waals surface area contributed by atoms with Gasteiger partial charge in [0.05, 0.1) is 5.69 Å². The summed E-state index contributed by atoms with van der Waals surface area (Å²) in [5.41, 5.74) is 8.04. The van der Waals surface area contributed by atoms with Gasteiger partial charge < -0.3 is 11.1 Å². The van der Waals surface area contributed by atoms with Crippen molar-refractivity contribution in [3.8, 4) is 11.1 Å². The number of carbonyl (C=O) groups is 1. The summed E-state index contributed by atoms with van der Waals surface area (Å²) < 4.78 is 14.8. The fourth-order valence-corrected chi connectivity index (χ4v) is 3.21. The second-order valence-electron chi connectivity index (χ2n) is 6.94. The third-order valence-electron chi connectivity index (χ3n) is 5.03. The van der Waals surface area contributed by atoms with Crippen LogP contribution in [-0.2, 0) is 4.79 Å². The van der Waals surface area contributed by atoms with Crippen LogP contribution in [0.15, 0.2) is 36.8 Å². The highest BCUT2D eigenvalue weighted by molar-refractivity contribution is 6.00. The first kappa shape index (κ1) is 16.4. The summed E-state index contributed by atoms with van der Waals surface area (Å²) in [4.78, 5) is 20.4. The van der Waals surface area contributed by atoms with E-state index in [1.165, 1.54) is 6.20 Å². The van der Waals surface area contributed by atoms with E-state index in [9.17, 15) is 9.18 Å². The lowest BCUT2D eigenvalue weighted by Gasteiger charge is -2.12. The number of hydrogen-bond acceptors (Lipinski definition) is 4. The second-order valence-corrected chi connectivity index (χ2v) is 6.94. The van der Waals surface area contributed by atoms with Crippen LogP contribution < -0.4 is 11.1 Å². The van der Waals surface area contributed by atoms with Gasteiger partial charge >= 0.3 is 0 Å². The molecule has 1 aliphatic rings. The summed E-state index contributed by atoms with van der Waals surface area (Å²) in [6, 6.07) is 5.28. The zero-order chi connectivity index (χ0) is 18.4. The van der Waals surface area contributed by atoms with Crippen LogP contribution in [-0.4, -0.2) is 15.9 Å². The standard InChI is InChI=1S/C20H19FN4O/c1-10-3-4-23-8-15(10)14-6-12-7-17(25-20(26)13-5-11(13)2)24-9-16(12)19(22)18(14)21/h3-4,6-9,11,13H,5,22H2,1-2H3,(H,24,25,26). The Morgan fingerprint density at radius 1 is 1.31 bits per heavy atom. The van der Waals surface area contributed by atoms with Gasteiger partial charge in [-0.15, -0.1) is 0 Å². The Morgan fingerprint density at radius 3 is 2.77 bits per heavy atom. The highest BCUT2D eigenvalue weighted by Gasteiger charge is 2.39. The van der Waals surface area contributed by atoms with Gasteiger partial charge in [-0.1, -0.05) is 6.92 Å². The van der Waals surface area contributed by atoms with E-state index < -0.39 is 5.82 Å². The average molecular weight is 350 g/mol. The summed E-state index contributed by atoms with van der Waals surface area (Å²) in [6.07, 6.45) is 5.69. The minimum Gasteiger partial charge on any atom is -0.396 e. The van der Waals surface area contributed by atoms with Gasteiger partial charge in [-0.05, 0) is 48.4 Å². The maximum Gasteiger partial charge on any atom is 0.228 e. The molecule has 2 unspecified atom stereocenters. The van der Waals surface area contributed by atoms with Crippen molar-refractivity contribution >= 4 is 28.2 Å². The van der Waals surface area contributed by atoms with Crippen molar-refractivity contribution in [2.45, 2.75) is 20.3 Å². The predicted octanol–water partition coefficient (Wildman–Crippen LogP) is 3.92. The molecule has 132 valence electrons. The maximum absolute atomic E-state index is 14.8.